The van der Waals surface area contributed by atoms with Gasteiger partial charge in [0.05, 0.1) is 5.02 Å². The molecule has 0 aromatic carbocycles. The van der Waals surface area contributed by atoms with Gasteiger partial charge < -0.3 is 15.5 Å². The van der Waals surface area contributed by atoms with Gasteiger partial charge in [0.25, 0.3) is 0 Å². The van der Waals surface area contributed by atoms with E-state index in [9.17, 15) is 0 Å². The molecule has 134 valence electrons. The molecule has 1 saturated heterocycles. The number of hydrogen-bond acceptors (Lipinski definition) is 4. The van der Waals surface area contributed by atoms with Crippen LogP contribution >= 0.6 is 11.6 Å². The van der Waals surface area contributed by atoms with Crippen LogP contribution in [0.2, 0.25) is 5.02 Å². The van der Waals surface area contributed by atoms with Gasteiger partial charge in [-0.3, -0.25) is 9.67 Å². The normalized spacial score (nSPS) is 17.8. The summed E-state index contributed by atoms with van der Waals surface area (Å²) in [6.07, 6.45) is 7.57. The quantitative estimate of drug-likeness (QED) is 0.466. The second-order valence-corrected chi connectivity index (χ2v) is 6.41. The average molecular weight is 362 g/mol. The summed E-state index contributed by atoms with van der Waals surface area (Å²) < 4.78 is 1.93. The number of halogens is 1. The van der Waals surface area contributed by atoms with Crippen LogP contribution in [0.1, 0.15) is 12.8 Å². The first kappa shape index (κ1) is 17.5. The molecule has 25 heavy (non-hydrogen) atoms. The molecule has 0 bridgehead atoms. The summed E-state index contributed by atoms with van der Waals surface area (Å²) in [4.78, 5) is 10.9. The van der Waals surface area contributed by atoms with Crippen LogP contribution in [-0.2, 0) is 6.54 Å². The van der Waals surface area contributed by atoms with Crippen LogP contribution in [0.4, 0.5) is 5.82 Å². The third-order valence-corrected chi connectivity index (χ3v) is 4.50. The number of rotatable bonds is 6. The summed E-state index contributed by atoms with van der Waals surface area (Å²) in [5.74, 6) is 1.69. The van der Waals surface area contributed by atoms with E-state index in [2.05, 4.69) is 30.6 Å². The number of guanidine groups is 1. The first-order valence-electron chi connectivity index (χ1n) is 8.56. The van der Waals surface area contributed by atoms with Gasteiger partial charge in [0.1, 0.15) is 5.82 Å². The minimum Gasteiger partial charge on any atom is -0.356 e. The van der Waals surface area contributed by atoms with Crippen LogP contribution in [-0.4, -0.2) is 53.4 Å². The second-order valence-electron chi connectivity index (χ2n) is 6.01. The molecule has 0 aliphatic carbocycles. The summed E-state index contributed by atoms with van der Waals surface area (Å²) in [5.41, 5.74) is 0. The van der Waals surface area contributed by atoms with Gasteiger partial charge in [-0.25, -0.2) is 4.98 Å². The predicted octanol–water partition coefficient (Wildman–Crippen LogP) is 1.77. The van der Waals surface area contributed by atoms with E-state index >= 15 is 0 Å². The van der Waals surface area contributed by atoms with Gasteiger partial charge in [-0.05, 0) is 31.0 Å². The topological polar surface area (TPSA) is 70.4 Å². The fourth-order valence-electron chi connectivity index (χ4n) is 2.95. The molecule has 1 aliphatic heterocycles. The molecule has 7 nitrogen and oxygen atoms in total. The van der Waals surface area contributed by atoms with E-state index in [0.717, 1.165) is 50.8 Å². The van der Waals surface area contributed by atoms with Gasteiger partial charge in [-0.2, -0.15) is 5.10 Å². The van der Waals surface area contributed by atoms with Crippen molar-refractivity contribution in [3.8, 4) is 0 Å². The smallest absolute Gasteiger partial charge is 0.191 e. The average Bonchev–Trinajstić information content (AvgIpc) is 3.30. The minimum atomic E-state index is 0.329. The van der Waals surface area contributed by atoms with Crippen molar-refractivity contribution in [3.05, 3.63) is 41.8 Å². The zero-order chi connectivity index (χ0) is 17.5. The van der Waals surface area contributed by atoms with Crippen LogP contribution in [0.15, 0.2) is 41.8 Å². The van der Waals surface area contributed by atoms with E-state index in [1.807, 2.05) is 29.1 Å². The maximum Gasteiger partial charge on any atom is 0.191 e. The van der Waals surface area contributed by atoms with Gasteiger partial charge in [0.2, 0.25) is 0 Å². The Morgan fingerprint density at radius 1 is 1.40 bits per heavy atom. The number of aromatic nitrogens is 3. The van der Waals surface area contributed by atoms with Gasteiger partial charge in [0.15, 0.2) is 5.96 Å². The van der Waals surface area contributed by atoms with Crippen LogP contribution in [0.25, 0.3) is 0 Å². The lowest BCUT2D eigenvalue weighted by Crippen LogP contribution is -2.45. The maximum atomic E-state index is 6.24. The molecule has 0 spiro atoms. The Hall–Kier alpha value is -2.28. The van der Waals surface area contributed by atoms with Gasteiger partial charge in [-0.15, -0.1) is 0 Å². The number of nitrogens with one attached hydrogen (secondary N) is 2. The molecule has 0 radical (unpaired) electrons. The Balaban J connectivity index is 1.42. The molecule has 3 rings (SSSR count). The van der Waals surface area contributed by atoms with Gasteiger partial charge in [0, 0.05) is 57.9 Å². The number of nitrogens with zero attached hydrogens (tertiary/aromatic N) is 5. The van der Waals surface area contributed by atoms with E-state index in [4.69, 9.17) is 11.6 Å². The molecule has 0 saturated carbocycles. The zero-order valence-electron chi connectivity index (χ0n) is 14.4. The van der Waals surface area contributed by atoms with Crippen molar-refractivity contribution in [2.45, 2.75) is 25.4 Å². The number of pyridine rings is 1. The molecule has 2 aromatic rings. The summed E-state index contributed by atoms with van der Waals surface area (Å²) in [5, 5.41) is 11.7. The van der Waals surface area contributed by atoms with Crippen molar-refractivity contribution in [1.82, 2.24) is 25.4 Å². The van der Waals surface area contributed by atoms with Crippen LogP contribution in [0.3, 0.4) is 0 Å². The molecule has 1 unspecified atom stereocenters. The monoisotopic (exact) mass is 361 g/mol. The van der Waals surface area contributed by atoms with Crippen molar-refractivity contribution in [3.63, 3.8) is 0 Å². The van der Waals surface area contributed by atoms with Crippen molar-refractivity contribution in [2.24, 2.45) is 4.99 Å². The number of aryl methyl sites for hydroxylation is 1. The first-order valence-corrected chi connectivity index (χ1v) is 8.94. The van der Waals surface area contributed by atoms with E-state index in [0.29, 0.717) is 11.1 Å². The minimum absolute atomic E-state index is 0.329. The van der Waals surface area contributed by atoms with E-state index in [1.165, 1.54) is 0 Å². The molecule has 8 heteroatoms. The Morgan fingerprint density at radius 3 is 3.08 bits per heavy atom. The lowest BCUT2D eigenvalue weighted by molar-refractivity contribution is 0.566. The first-order chi connectivity index (χ1) is 12.3. The maximum absolute atomic E-state index is 6.24. The Labute approximate surface area is 153 Å². The summed E-state index contributed by atoms with van der Waals surface area (Å²) in [6, 6.07) is 6.00. The van der Waals surface area contributed by atoms with Crippen LogP contribution < -0.4 is 15.5 Å². The Bertz CT molecular complexity index is 686. The molecular formula is C17H24ClN7. The van der Waals surface area contributed by atoms with Crippen LogP contribution in [0.5, 0.6) is 0 Å². The molecule has 2 N–H and O–H groups in total. The van der Waals surface area contributed by atoms with Crippen molar-refractivity contribution >= 4 is 23.4 Å². The number of hydrogen-bond donors (Lipinski definition) is 2. The second kappa shape index (κ2) is 8.71. The zero-order valence-corrected chi connectivity index (χ0v) is 15.2. The fourth-order valence-corrected chi connectivity index (χ4v) is 3.19. The molecular weight excluding hydrogens is 338 g/mol. The Morgan fingerprint density at radius 2 is 2.32 bits per heavy atom. The highest BCUT2D eigenvalue weighted by Crippen LogP contribution is 2.25. The fraction of sp³-hybridized carbons (Fsp3) is 0.471. The molecule has 0 amide bonds. The summed E-state index contributed by atoms with van der Waals surface area (Å²) in [7, 11) is 1.80. The lowest BCUT2D eigenvalue weighted by atomic mass is 10.3. The molecule has 2 aromatic heterocycles. The SMILES string of the molecule is CN=C(NCCCn1cccn1)NC1CCN(c2ncccc2Cl)C1. The molecule has 1 aliphatic rings. The lowest BCUT2D eigenvalue weighted by Gasteiger charge is -2.20. The highest BCUT2D eigenvalue weighted by Gasteiger charge is 2.25. The predicted molar refractivity (Wildman–Crippen MR) is 101 cm³/mol. The van der Waals surface area contributed by atoms with E-state index in [1.54, 1.807) is 19.4 Å². The highest BCUT2D eigenvalue weighted by atomic mass is 35.5. The third kappa shape index (κ3) is 4.85. The number of aliphatic imine (C=N–C) groups is 1. The molecule has 1 fully saturated rings. The van der Waals surface area contributed by atoms with Crippen LogP contribution in [0, 0.1) is 0 Å². The Kier molecular flexibility index (Phi) is 6.11. The van der Waals surface area contributed by atoms with E-state index < -0.39 is 0 Å². The van der Waals surface area contributed by atoms with E-state index in [-0.39, 0.29) is 0 Å². The standard InChI is InChI=1S/C17H24ClN7/c1-19-17(21-8-3-10-25-11-4-9-22-25)23-14-6-12-24(13-14)16-15(18)5-2-7-20-16/h2,4-5,7,9,11,14H,3,6,8,10,12-13H2,1H3,(H2,19,21,23). The van der Waals surface area contributed by atoms with Gasteiger partial charge >= 0.3 is 0 Å². The largest absolute Gasteiger partial charge is 0.356 e. The third-order valence-electron chi connectivity index (χ3n) is 4.21. The van der Waals surface area contributed by atoms with Gasteiger partial charge in [-0.1, -0.05) is 11.6 Å². The highest BCUT2D eigenvalue weighted by molar-refractivity contribution is 6.32. The van der Waals surface area contributed by atoms with Crippen molar-refractivity contribution in [2.75, 3.05) is 31.6 Å². The van der Waals surface area contributed by atoms with Crippen molar-refractivity contribution < 1.29 is 0 Å². The summed E-state index contributed by atoms with van der Waals surface area (Å²) in [6.45, 7) is 3.55. The molecule has 1 atom stereocenters. The molecule has 3 heterocycles. The van der Waals surface area contributed by atoms with Crippen molar-refractivity contribution in [1.29, 1.82) is 0 Å². The number of anilines is 1. The summed E-state index contributed by atoms with van der Waals surface area (Å²) >= 11 is 6.24.